The molecule has 1 N–H and O–H groups in total. The molecule has 7 nitrogen and oxygen atoms in total. The van der Waals surface area contributed by atoms with Crippen molar-refractivity contribution >= 4 is 22.6 Å². The smallest absolute Gasteiger partial charge is 0.264 e. The van der Waals surface area contributed by atoms with Crippen molar-refractivity contribution in [3.05, 3.63) is 81.5 Å². The first kappa shape index (κ1) is 20.5. The number of rotatable bonds is 5. The molecule has 0 saturated heterocycles. The van der Waals surface area contributed by atoms with E-state index in [1.807, 2.05) is 63.2 Å². The van der Waals surface area contributed by atoms with Crippen molar-refractivity contribution < 1.29 is 4.79 Å². The second-order valence-electron chi connectivity index (χ2n) is 7.81. The third-order valence-corrected chi connectivity index (χ3v) is 5.46. The molecule has 0 aliphatic heterocycles. The zero-order chi connectivity index (χ0) is 22.1. The summed E-state index contributed by atoms with van der Waals surface area (Å²) in [6.07, 6.45) is 1.71. The van der Waals surface area contributed by atoms with Gasteiger partial charge in [0.2, 0.25) is 5.91 Å². The van der Waals surface area contributed by atoms with E-state index in [1.54, 1.807) is 11.6 Å². The summed E-state index contributed by atoms with van der Waals surface area (Å²) in [7, 11) is 0. The van der Waals surface area contributed by atoms with E-state index in [1.165, 1.54) is 10.8 Å². The molecule has 4 rings (SSSR count). The van der Waals surface area contributed by atoms with Gasteiger partial charge in [0.1, 0.15) is 11.2 Å². The number of fused-ring (bicyclic) bond motifs is 1. The van der Waals surface area contributed by atoms with Crippen LogP contribution in [0.5, 0.6) is 0 Å². The molecule has 1 amide bonds. The maximum Gasteiger partial charge on any atom is 0.264 e. The first-order chi connectivity index (χ1) is 14.8. The number of para-hydroxylation sites is 1. The second kappa shape index (κ2) is 8.18. The van der Waals surface area contributed by atoms with E-state index in [0.29, 0.717) is 16.9 Å². The number of aryl methyl sites for hydroxylation is 4. The Morgan fingerprint density at radius 2 is 1.68 bits per heavy atom. The zero-order valence-corrected chi connectivity index (χ0v) is 18.1. The van der Waals surface area contributed by atoms with Crippen LogP contribution in [0.2, 0.25) is 0 Å². The van der Waals surface area contributed by atoms with Crippen molar-refractivity contribution in [1.29, 1.82) is 0 Å². The molecule has 31 heavy (non-hydrogen) atoms. The van der Waals surface area contributed by atoms with Crippen molar-refractivity contribution in [3.8, 4) is 5.69 Å². The number of nitrogens with one attached hydrogen (secondary N) is 1. The SMILES string of the molecule is Cc1ccc(-n2ncc3c(=O)n(CCC(=O)Nc4c(C)cccc4C)c(C)nc32)cc1. The normalized spacial score (nSPS) is 11.1. The average molecular weight is 415 g/mol. The molecule has 0 atom stereocenters. The molecule has 0 saturated carbocycles. The lowest BCUT2D eigenvalue weighted by Crippen LogP contribution is -2.26. The quantitative estimate of drug-likeness (QED) is 0.537. The predicted molar refractivity (Wildman–Crippen MR) is 122 cm³/mol. The molecule has 0 aliphatic carbocycles. The van der Waals surface area contributed by atoms with Crippen LogP contribution in [0.1, 0.15) is 28.9 Å². The van der Waals surface area contributed by atoms with E-state index < -0.39 is 0 Å². The lowest BCUT2D eigenvalue weighted by Gasteiger charge is -2.13. The molecular weight excluding hydrogens is 390 g/mol. The topological polar surface area (TPSA) is 81.8 Å². The predicted octanol–water partition coefficient (Wildman–Crippen LogP) is 3.84. The van der Waals surface area contributed by atoms with Gasteiger partial charge < -0.3 is 5.32 Å². The van der Waals surface area contributed by atoms with Gasteiger partial charge in [-0.3, -0.25) is 14.2 Å². The number of carbonyl (C=O) groups excluding carboxylic acids is 1. The number of benzene rings is 2. The molecule has 0 unspecified atom stereocenters. The van der Waals surface area contributed by atoms with Crippen LogP contribution in [0, 0.1) is 27.7 Å². The molecule has 0 bridgehead atoms. The van der Waals surface area contributed by atoms with Crippen LogP contribution < -0.4 is 10.9 Å². The van der Waals surface area contributed by atoms with Gasteiger partial charge in [-0.25, -0.2) is 9.67 Å². The van der Waals surface area contributed by atoms with E-state index in [9.17, 15) is 9.59 Å². The first-order valence-electron chi connectivity index (χ1n) is 10.2. The van der Waals surface area contributed by atoms with Crippen molar-refractivity contribution in [2.75, 3.05) is 5.32 Å². The number of nitrogens with zero attached hydrogens (tertiary/aromatic N) is 4. The molecular formula is C24H25N5O2. The molecule has 158 valence electrons. The number of carbonyl (C=O) groups is 1. The molecule has 2 aromatic carbocycles. The van der Waals surface area contributed by atoms with Gasteiger partial charge >= 0.3 is 0 Å². The fourth-order valence-corrected chi connectivity index (χ4v) is 3.67. The summed E-state index contributed by atoms with van der Waals surface area (Å²) in [5.74, 6) is 0.408. The van der Waals surface area contributed by atoms with Crippen molar-refractivity contribution in [1.82, 2.24) is 19.3 Å². The summed E-state index contributed by atoms with van der Waals surface area (Å²) in [5, 5.41) is 7.77. The Kier molecular flexibility index (Phi) is 5.42. The summed E-state index contributed by atoms with van der Waals surface area (Å²) in [5.41, 5.74) is 5.15. The number of amides is 1. The van der Waals surface area contributed by atoms with Crippen LogP contribution in [0.25, 0.3) is 16.7 Å². The number of hydrogen-bond acceptors (Lipinski definition) is 4. The Morgan fingerprint density at radius 3 is 2.35 bits per heavy atom. The van der Waals surface area contributed by atoms with Gasteiger partial charge in [0.05, 0.1) is 11.9 Å². The first-order valence-corrected chi connectivity index (χ1v) is 10.2. The van der Waals surface area contributed by atoms with Gasteiger partial charge in [-0.2, -0.15) is 5.10 Å². The lowest BCUT2D eigenvalue weighted by atomic mass is 10.1. The van der Waals surface area contributed by atoms with Crippen molar-refractivity contribution in [2.45, 2.75) is 40.7 Å². The largest absolute Gasteiger partial charge is 0.326 e. The maximum atomic E-state index is 13.1. The molecule has 7 heteroatoms. The van der Waals surface area contributed by atoms with E-state index in [2.05, 4.69) is 15.4 Å². The maximum absolute atomic E-state index is 13.1. The molecule has 2 heterocycles. The molecule has 0 aliphatic rings. The minimum absolute atomic E-state index is 0.140. The number of hydrogen-bond donors (Lipinski definition) is 1. The van der Waals surface area contributed by atoms with Crippen LogP contribution in [0.15, 0.2) is 53.5 Å². The van der Waals surface area contributed by atoms with Gasteiger partial charge in [-0.1, -0.05) is 35.9 Å². The second-order valence-corrected chi connectivity index (χ2v) is 7.81. The van der Waals surface area contributed by atoms with E-state index in [4.69, 9.17) is 0 Å². The van der Waals surface area contributed by atoms with Crippen LogP contribution in [-0.2, 0) is 11.3 Å². The minimum atomic E-state index is -0.194. The summed E-state index contributed by atoms with van der Waals surface area (Å²) in [4.78, 5) is 30.2. The Hall–Kier alpha value is -3.74. The third-order valence-electron chi connectivity index (χ3n) is 5.46. The van der Waals surface area contributed by atoms with Crippen LogP contribution >= 0.6 is 0 Å². The highest BCUT2D eigenvalue weighted by atomic mass is 16.2. The third kappa shape index (κ3) is 3.99. The summed E-state index contributed by atoms with van der Waals surface area (Å²) >= 11 is 0. The fourth-order valence-electron chi connectivity index (χ4n) is 3.67. The molecule has 4 aromatic rings. The average Bonchev–Trinajstić information content (AvgIpc) is 3.15. The minimum Gasteiger partial charge on any atom is -0.326 e. The Labute approximate surface area is 180 Å². The Morgan fingerprint density at radius 1 is 1.00 bits per heavy atom. The molecule has 0 spiro atoms. The highest BCUT2D eigenvalue weighted by molar-refractivity contribution is 5.92. The lowest BCUT2D eigenvalue weighted by molar-refractivity contribution is -0.116. The molecule has 0 radical (unpaired) electrons. The van der Waals surface area contributed by atoms with Gasteiger partial charge in [0.25, 0.3) is 5.56 Å². The van der Waals surface area contributed by atoms with Crippen LogP contribution in [0.3, 0.4) is 0 Å². The summed E-state index contributed by atoms with van der Waals surface area (Å²) in [6, 6.07) is 13.8. The highest BCUT2D eigenvalue weighted by Crippen LogP contribution is 2.20. The fraction of sp³-hybridized carbons (Fsp3) is 0.250. The number of aromatic nitrogens is 4. The van der Waals surface area contributed by atoms with E-state index in [0.717, 1.165) is 28.1 Å². The zero-order valence-electron chi connectivity index (χ0n) is 18.1. The van der Waals surface area contributed by atoms with Crippen LogP contribution in [-0.4, -0.2) is 25.2 Å². The molecule has 0 fully saturated rings. The standard InChI is InChI=1S/C24H25N5O2/c1-15-8-10-19(11-9-15)29-23-20(14-25-29)24(31)28(18(4)26-23)13-12-21(30)27-22-16(2)6-5-7-17(22)3/h5-11,14H,12-13H2,1-4H3,(H,27,30). The van der Waals surface area contributed by atoms with Gasteiger partial charge in [0, 0.05) is 18.7 Å². The Bertz CT molecular complexity index is 1310. The van der Waals surface area contributed by atoms with E-state index >= 15 is 0 Å². The summed E-state index contributed by atoms with van der Waals surface area (Å²) < 4.78 is 3.20. The summed E-state index contributed by atoms with van der Waals surface area (Å²) in [6.45, 7) is 7.96. The monoisotopic (exact) mass is 415 g/mol. The van der Waals surface area contributed by atoms with Crippen molar-refractivity contribution in [3.63, 3.8) is 0 Å². The number of anilines is 1. The highest BCUT2D eigenvalue weighted by Gasteiger charge is 2.15. The van der Waals surface area contributed by atoms with E-state index in [-0.39, 0.29) is 24.4 Å². The van der Waals surface area contributed by atoms with Gasteiger partial charge in [-0.05, 0) is 51.0 Å². The van der Waals surface area contributed by atoms with Crippen LogP contribution in [0.4, 0.5) is 5.69 Å². The molecule has 2 aromatic heterocycles. The Balaban J connectivity index is 1.58. The van der Waals surface area contributed by atoms with Gasteiger partial charge in [-0.15, -0.1) is 0 Å². The van der Waals surface area contributed by atoms with Gasteiger partial charge in [0.15, 0.2) is 5.65 Å². The van der Waals surface area contributed by atoms with Crippen molar-refractivity contribution in [2.24, 2.45) is 0 Å².